The Balaban J connectivity index is 2.05. The SMILES string of the molecule is O=C(OCc1ccc(Cl)cc1)c1cc(Br)ccc1F. The maximum Gasteiger partial charge on any atom is 0.341 e. The topological polar surface area (TPSA) is 26.3 Å². The van der Waals surface area contributed by atoms with Gasteiger partial charge in [0.1, 0.15) is 12.4 Å². The molecule has 19 heavy (non-hydrogen) atoms. The minimum Gasteiger partial charge on any atom is -0.457 e. The third kappa shape index (κ3) is 3.78. The number of rotatable bonds is 3. The van der Waals surface area contributed by atoms with Crippen LogP contribution in [0.4, 0.5) is 4.39 Å². The summed E-state index contributed by atoms with van der Waals surface area (Å²) in [6.07, 6.45) is 0. The first-order valence-corrected chi connectivity index (χ1v) is 6.60. The molecular formula is C14H9BrClFO2. The molecule has 0 spiro atoms. The van der Waals surface area contributed by atoms with Gasteiger partial charge in [-0.15, -0.1) is 0 Å². The standard InChI is InChI=1S/C14H9BrClFO2/c15-10-3-6-13(17)12(7-10)14(18)19-8-9-1-4-11(16)5-2-9/h1-7H,8H2. The Hall–Kier alpha value is -1.39. The van der Waals surface area contributed by atoms with Crippen LogP contribution in [0.15, 0.2) is 46.9 Å². The van der Waals surface area contributed by atoms with E-state index in [1.165, 1.54) is 18.2 Å². The summed E-state index contributed by atoms with van der Waals surface area (Å²) in [5, 5.41) is 0.605. The van der Waals surface area contributed by atoms with Gasteiger partial charge in [-0.3, -0.25) is 0 Å². The first-order valence-electron chi connectivity index (χ1n) is 5.43. The third-order valence-electron chi connectivity index (χ3n) is 2.43. The normalized spacial score (nSPS) is 10.3. The molecule has 5 heteroatoms. The van der Waals surface area contributed by atoms with Gasteiger partial charge in [0.05, 0.1) is 5.56 Å². The van der Waals surface area contributed by atoms with Crippen LogP contribution in [0.5, 0.6) is 0 Å². The number of benzene rings is 2. The summed E-state index contributed by atoms with van der Waals surface area (Å²) in [7, 11) is 0. The van der Waals surface area contributed by atoms with E-state index in [2.05, 4.69) is 15.9 Å². The van der Waals surface area contributed by atoms with Crippen molar-refractivity contribution in [1.29, 1.82) is 0 Å². The van der Waals surface area contributed by atoms with E-state index in [0.717, 1.165) is 5.56 Å². The summed E-state index contributed by atoms with van der Waals surface area (Å²) in [6, 6.07) is 11.0. The molecule has 0 bridgehead atoms. The lowest BCUT2D eigenvalue weighted by molar-refractivity contribution is 0.0467. The van der Waals surface area contributed by atoms with Crippen molar-refractivity contribution in [2.75, 3.05) is 0 Å². The fraction of sp³-hybridized carbons (Fsp3) is 0.0714. The molecule has 0 aromatic heterocycles. The van der Waals surface area contributed by atoms with Crippen molar-refractivity contribution in [1.82, 2.24) is 0 Å². The van der Waals surface area contributed by atoms with E-state index in [-0.39, 0.29) is 12.2 Å². The molecule has 98 valence electrons. The average molecular weight is 344 g/mol. The summed E-state index contributed by atoms with van der Waals surface area (Å²) < 4.78 is 19.1. The third-order valence-corrected chi connectivity index (χ3v) is 3.18. The second-order valence-corrected chi connectivity index (χ2v) is 5.18. The minimum absolute atomic E-state index is 0.0714. The van der Waals surface area contributed by atoms with E-state index in [4.69, 9.17) is 16.3 Å². The number of hydrogen-bond donors (Lipinski definition) is 0. The maximum atomic E-state index is 13.5. The molecule has 2 aromatic carbocycles. The van der Waals surface area contributed by atoms with Crippen molar-refractivity contribution in [3.8, 4) is 0 Å². The van der Waals surface area contributed by atoms with Crippen molar-refractivity contribution in [2.24, 2.45) is 0 Å². The van der Waals surface area contributed by atoms with E-state index in [9.17, 15) is 9.18 Å². The predicted molar refractivity (Wildman–Crippen MR) is 74.7 cm³/mol. The lowest BCUT2D eigenvalue weighted by Crippen LogP contribution is -2.07. The minimum atomic E-state index is -0.700. The summed E-state index contributed by atoms with van der Waals surface area (Å²) in [4.78, 5) is 11.7. The number of hydrogen-bond acceptors (Lipinski definition) is 2. The van der Waals surface area contributed by atoms with Crippen LogP contribution in [0.25, 0.3) is 0 Å². The lowest BCUT2D eigenvalue weighted by atomic mass is 10.2. The Morgan fingerprint density at radius 1 is 1.21 bits per heavy atom. The van der Waals surface area contributed by atoms with Gasteiger partial charge in [-0.05, 0) is 35.9 Å². The second-order valence-electron chi connectivity index (χ2n) is 3.83. The molecule has 0 amide bonds. The first-order chi connectivity index (χ1) is 9.06. The van der Waals surface area contributed by atoms with Crippen molar-refractivity contribution in [3.05, 3.63) is 68.9 Å². The Kier molecular flexibility index (Phi) is 4.56. The molecule has 0 aliphatic heterocycles. The van der Waals surface area contributed by atoms with E-state index < -0.39 is 11.8 Å². The van der Waals surface area contributed by atoms with Gasteiger partial charge in [-0.1, -0.05) is 39.7 Å². The Morgan fingerprint density at radius 2 is 1.89 bits per heavy atom. The van der Waals surface area contributed by atoms with Crippen LogP contribution in [0.1, 0.15) is 15.9 Å². The van der Waals surface area contributed by atoms with Crippen molar-refractivity contribution >= 4 is 33.5 Å². The van der Waals surface area contributed by atoms with Gasteiger partial charge in [0, 0.05) is 9.50 Å². The van der Waals surface area contributed by atoms with Crippen LogP contribution in [-0.4, -0.2) is 5.97 Å². The molecule has 0 N–H and O–H groups in total. The van der Waals surface area contributed by atoms with Gasteiger partial charge in [-0.2, -0.15) is 0 Å². The molecule has 0 aliphatic carbocycles. The number of carbonyl (C=O) groups is 1. The monoisotopic (exact) mass is 342 g/mol. The fourth-order valence-corrected chi connectivity index (χ4v) is 1.95. The largest absolute Gasteiger partial charge is 0.457 e. The molecule has 0 saturated heterocycles. The zero-order valence-corrected chi connectivity index (χ0v) is 12.0. The van der Waals surface area contributed by atoms with Crippen LogP contribution in [0.3, 0.4) is 0 Å². The Morgan fingerprint density at radius 3 is 2.58 bits per heavy atom. The molecule has 0 atom stereocenters. The number of esters is 1. The summed E-state index contributed by atoms with van der Waals surface area (Å²) in [5.41, 5.74) is 0.691. The van der Waals surface area contributed by atoms with Crippen LogP contribution < -0.4 is 0 Å². The number of ether oxygens (including phenoxy) is 1. The Bertz CT molecular complexity index is 599. The molecule has 0 fully saturated rings. The second kappa shape index (κ2) is 6.17. The van der Waals surface area contributed by atoms with Crippen molar-refractivity contribution in [2.45, 2.75) is 6.61 Å². The van der Waals surface area contributed by atoms with E-state index in [1.54, 1.807) is 24.3 Å². The average Bonchev–Trinajstić information content (AvgIpc) is 2.40. The smallest absolute Gasteiger partial charge is 0.341 e. The van der Waals surface area contributed by atoms with Gasteiger partial charge >= 0.3 is 5.97 Å². The molecule has 2 rings (SSSR count). The van der Waals surface area contributed by atoms with Crippen LogP contribution >= 0.6 is 27.5 Å². The zero-order valence-electron chi connectivity index (χ0n) is 9.70. The molecule has 0 unspecified atom stereocenters. The van der Waals surface area contributed by atoms with Gasteiger partial charge in [0.25, 0.3) is 0 Å². The molecule has 0 saturated carbocycles. The van der Waals surface area contributed by atoms with Crippen LogP contribution in [0.2, 0.25) is 5.02 Å². The van der Waals surface area contributed by atoms with E-state index >= 15 is 0 Å². The zero-order chi connectivity index (χ0) is 13.8. The van der Waals surface area contributed by atoms with Gasteiger partial charge in [0.15, 0.2) is 0 Å². The molecule has 0 radical (unpaired) electrons. The van der Waals surface area contributed by atoms with E-state index in [1.807, 2.05) is 0 Å². The highest BCUT2D eigenvalue weighted by Crippen LogP contribution is 2.17. The van der Waals surface area contributed by atoms with Gasteiger partial charge in [0.2, 0.25) is 0 Å². The highest BCUT2D eigenvalue weighted by Gasteiger charge is 2.13. The van der Waals surface area contributed by atoms with Crippen LogP contribution in [-0.2, 0) is 11.3 Å². The molecule has 2 nitrogen and oxygen atoms in total. The van der Waals surface area contributed by atoms with Crippen molar-refractivity contribution < 1.29 is 13.9 Å². The Labute approximate surface area is 123 Å². The molecule has 0 aliphatic rings. The van der Waals surface area contributed by atoms with Crippen LogP contribution in [0, 0.1) is 5.82 Å². The molecular weight excluding hydrogens is 335 g/mol. The molecule has 2 aromatic rings. The molecule has 0 heterocycles. The van der Waals surface area contributed by atoms with E-state index in [0.29, 0.717) is 9.50 Å². The highest BCUT2D eigenvalue weighted by molar-refractivity contribution is 9.10. The first kappa shape index (κ1) is 14.0. The highest BCUT2D eigenvalue weighted by atomic mass is 79.9. The predicted octanol–water partition coefficient (Wildman–Crippen LogP) is 4.60. The summed E-state index contributed by atoms with van der Waals surface area (Å²) in [5.74, 6) is -1.31. The quantitative estimate of drug-likeness (QED) is 0.761. The number of carbonyl (C=O) groups excluding carboxylic acids is 1. The van der Waals surface area contributed by atoms with Gasteiger partial charge in [-0.25, -0.2) is 9.18 Å². The fourth-order valence-electron chi connectivity index (χ4n) is 1.46. The maximum absolute atomic E-state index is 13.5. The summed E-state index contributed by atoms with van der Waals surface area (Å²) in [6.45, 7) is 0.0714. The summed E-state index contributed by atoms with van der Waals surface area (Å²) >= 11 is 8.93. The number of halogens is 3. The lowest BCUT2D eigenvalue weighted by Gasteiger charge is -2.06. The van der Waals surface area contributed by atoms with Crippen molar-refractivity contribution in [3.63, 3.8) is 0 Å². The van der Waals surface area contributed by atoms with Gasteiger partial charge < -0.3 is 4.74 Å².